The Kier molecular flexibility index (Phi) is 7.72. The average molecular weight is 298 g/mol. The molecule has 1 aliphatic heterocycles. The highest BCUT2D eigenvalue weighted by Crippen LogP contribution is 2.31. The fourth-order valence-corrected chi connectivity index (χ4v) is 3.10. The van der Waals surface area contributed by atoms with E-state index in [9.17, 15) is 9.59 Å². The van der Waals surface area contributed by atoms with E-state index < -0.39 is 5.97 Å². The van der Waals surface area contributed by atoms with Crippen molar-refractivity contribution in [2.24, 2.45) is 11.3 Å². The van der Waals surface area contributed by atoms with Crippen LogP contribution in [0.5, 0.6) is 0 Å². The number of carboxylic acids is 1. The summed E-state index contributed by atoms with van der Waals surface area (Å²) in [6.45, 7) is 6.59. The first-order valence-corrected chi connectivity index (χ1v) is 8.21. The minimum atomic E-state index is -0.749. The van der Waals surface area contributed by atoms with Crippen molar-refractivity contribution in [1.82, 2.24) is 10.6 Å². The van der Waals surface area contributed by atoms with E-state index in [2.05, 4.69) is 17.6 Å². The van der Waals surface area contributed by atoms with Crippen LogP contribution in [-0.4, -0.2) is 36.6 Å². The Morgan fingerprint density at radius 2 is 2.14 bits per heavy atom. The number of piperidine rings is 1. The molecular weight excluding hydrogens is 268 g/mol. The maximum absolute atomic E-state index is 12.5. The van der Waals surface area contributed by atoms with Crippen LogP contribution in [0, 0.1) is 11.3 Å². The SMILES string of the molecule is CCCC1(C(=O)NCCC(C)CCC(=O)O)CCCNC1. The zero-order valence-corrected chi connectivity index (χ0v) is 13.4. The topological polar surface area (TPSA) is 78.4 Å². The molecule has 3 N–H and O–H groups in total. The largest absolute Gasteiger partial charge is 0.481 e. The number of carboxylic acid groups (broad SMARTS) is 1. The van der Waals surface area contributed by atoms with Gasteiger partial charge in [-0.15, -0.1) is 0 Å². The molecule has 122 valence electrons. The van der Waals surface area contributed by atoms with Crippen LogP contribution in [0.3, 0.4) is 0 Å². The van der Waals surface area contributed by atoms with E-state index in [-0.39, 0.29) is 17.7 Å². The number of nitrogens with one attached hydrogen (secondary N) is 2. The number of carbonyl (C=O) groups is 2. The van der Waals surface area contributed by atoms with Gasteiger partial charge in [-0.1, -0.05) is 20.3 Å². The summed E-state index contributed by atoms with van der Waals surface area (Å²) in [4.78, 5) is 23.0. The summed E-state index contributed by atoms with van der Waals surface area (Å²) >= 11 is 0. The van der Waals surface area contributed by atoms with Crippen LogP contribution in [0.2, 0.25) is 0 Å². The molecule has 0 radical (unpaired) electrons. The molecular formula is C16H30N2O3. The first-order valence-electron chi connectivity index (χ1n) is 8.21. The van der Waals surface area contributed by atoms with Crippen LogP contribution < -0.4 is 10.6 Å². The molecule has 0 bridgehead atoms. The predicted molar refractivity (Wildman–Crippen MR) is 83.1 cm³/mol. The van der Waals surface area contributed by atoms with Gasteiger partial charge in [-0.05, 0) is 44.6 Å². The van der Waals surface area contributed by atoms with Crippen LogP contribution in [0.25, 0.3) is 0 Å². The molecule has 1 rings (SSSR count). The van der Waals surface area contributed by atoms with E-state index >= 15 is 0 Å². The van der Waals surface area contributed by atoms with Gasteiger partial charge in [-0.25, -0.2) is 0 Å². The highest BCUT2D eigenvalue weighted by molar-refractivity contribution is 5.83. The number of carbonyl (C=O) groups excluding carboxylic acids is 1. The number of hydrogen-bond acceptors (Lipinski definition) is 3. The van der Waals surface area contributed by atoms with Gasteiger partial charge in [0.05, 0.1) is 5.41 Å². The van der Waals surface area contributed by atoms with Crippen molar-refractivity contribution in [3.8, 4) is 0 Å². The molecule has 1 amide bonds. The lowest BCUT2D eigenvalue weighted by Gasteiger charge is -2.36. The Bertz CT molecular complexity index is 333. The van der Waals surface area contributed by atoms with Crippen molar-refractivity contribution in [1.29, 1.82) is 0 Å². The van der Waals surface area contributed by atoms with Crippen LogP contribution in [0.4, 0.5) is 0 Å². The van der Waals surface area contributed by atoms with Gasteiger partial charge in [0.15, 0.2) is 0 Å². The number of amides is 1. The number of rotatable bonds is 9. The molecule has 1 fully saturated rings. The second-order valence-corrected chi connectivity index (χ2v) is 6.39. The molecule has 2 atom stereocenters. The maximum Gasteiger partial charge on any atom is 0.303 e. The lowest BCUT2D eigenvalue weighted by molar-refractivity contribution is -0.137. The summed E-state index contributed by atoms with van der Waals surface area (Å²) in [5.74, 6) is -0.254. The van der Waals surface area contributed by atoms with Gasteiger partial charge in [0.25, 0.3) is 0 Å². The summed E-state index contributed by atoms with van der Waals surface area (Å²) in [5, 5.41) is 15.1. The van der Waals surface area contributed by atoms with E-state index in [1.165, 1.54) is 0 Å². The van der Waals surface area contributed by atoms with E-state index in [4.69, 9.17) is 5.11 Å². The van der Waals surface area contributed by atoms with Crippen molar-refractivity contribution in [2.45, 2.75) is 58.8 Å². The quantitative estimate of drug-likeness (QED) is 0.609. The van der Waals surface area contributed by atoms with Crippen LogP contribution in [0.1, 0.15) is 58.8 Å². The van der Waals surface area contributed by atoms with Crippen molar-refractivity contribution in [3.05, 3.63) is 0 Å². The third kappa shape index (κ3) is 6.04. The summed E-state index contributed by atoms with van der Waals surface area (Å²) in [6, 6.07) is 0. The minimum Gasteiger partial charge on any atom is -0.481 e. The Morgan fingerprint density at radius 1 is 1.38 bits per heavy atom. The van der Waals surface area contributed by atoms with E-state index in [1.807, 2.05) is 6.92 Å². The highest BCUT2D eigenvalue weighted by atomic mass is 16.4. The molecule has 21 heavy (non-hydrogen) atoms. The highest BCUT2D eigenvalue weighted by Gasteiger charge is 2.38. The van der Waals surface area contributed by atoms with Gasteiger partial charge < -0.3 is 15.7 Å². The number of hydrogen-bond donors (Lipinski definition) is 3. The predicted octanol–water partition coefficient (Wildman–Crippen LogP) is 2.16. The van der Waals surface area contributed by atoms with E-state index in [0.717, 1.165) is 45.2 Å². The molecule has 0 aromatic heterocycles. The van der Waals surface area contributed by atoms with Gasteiger partial charge in [-0.3, -0.25) is 9.59 Å². The Morgan fingerprint density at radius 3 is 2.71 bits per heavy atom. The Hall–Kier alpha value is -1.10. The van der Waals surface area contributed by atoms with E-state index in [0.29, 0.717) is 18.9 Å². The molecule has 1 heterocycles. The van der Waals surface area contributed by atoms with Crippen LogP contribution >= 0.6 is 0 Å². The lowest BCUT2D eigenvalue weighted by atomic mass is 9.76. The van der Waals surface area contributed by atoms with Crippen molar-refractivity contribution >= 4 is 11.9 Å². The van der Waals surface area contributed by atoms with Crippen LogP contribution in [0.15, 0.2) is 0 Å². The third-order valence-electron chi connectivity index (χ3n) is 4.46. The molecule has 5 nitrogen and oxygen atoms in total. The standard InChI is InChI=1S/C16H30N2O3/c1-3-8-16(9-4-10-17-12-16)15(21)18-11-7-13(2)5-6-14(19)20/h13,17H,3-12H2,1-2H3,(H,18,21)(H,19,20). The third-order valence-corrected chi connectivity index (χ3v) is 4.46. The molecule has 1 saturated heterocycles. The molecule has 0 saturated carbocycles. The fraction of sp³-hybridized carbons (Fsp3) is 0.875. The smallest absolute Gasteiger partial charge is 0.303 e. The second-order valence-electron chi connectivity index (χ2n) is 6.39. The normalized spacial score (nSPS) is 23.5. The first kappa shape index (κ1) is 18.0. The fourth-order valence-electron chi connectivity index (χ4n) is 3.10. The first-order chi connectivity index (χ1) is 10.00. The summed E-state index contributed by atoms with van der Waals surface area (Å²) in [5.41, 5.74) is -0.239. The molecule has 2 unspecified atom stereocenters. The van der Waals surface area contributed by atoms with Crippen molar-refractivity contribution in [3.63, 3.8) is 0 Å². The summed E-state index contributed by atoms with van der Waals surface area (Å²) in [6.07, 6.45) is 5.70. The maximum atomic E-state index is 12.5. The van der Waals surface area contributed by atoms with Gasteiger partial charge >= 0.3 is 5.97 Å². The Balaban J connectivity index is 2.35. The molecule has 0 aromatic carbocycles. The number of aliphatic carboxylic acids is 1. The average Bonchev–Trinajstić information content (AvgIpc) is 2.46. The molecule has 0 aliphatic carbocycles. The van der Waals surface area contributed by atoms with Crippen LogP contribution in [-0.2, 0) is 9.59 Å². The van der Waals surface area contributed by atoms with Gasteiger partial charge in [0.1, 0.15) is 0 Å². The zero-order chi connectivity index (χ0) is 15.7. The molecule has 1 aliphatic rings. The Labute approximate surface area is 127 Å². The van der Waals surface area contributed by atoms with Gasteiger partial charge in [-0.2, -0.15) is 0 Å². The van der Waals surface area contributed by atoms with E-state index in [1.54, 1.807) is 0 Å². The van der Waals surface area contributed by atoms with Crippen molar-refractivity contribution < 1.29 is 14.7 Å². The lowest BCUT2D eigenvalue weighted by Crippen LogP contribution is -2.50. The van der Waals surface area contributed by atoms with Gasteiger partial charge in [0, 0.05) is 19.5 Å². The molecule has 0 spiro atoms. The molecule has 0 aromatic rings. The second kappa shape index (κ2) is 9.03. The zero-order valence-electron chi connectivity index (χ0n) is 13.4. The summed E-state index contributed by atoms with van der Waals surface area (Å²) in [7, 11) is 0. The van der Waals surface area contributed by atoms with Gasteiger partial charge in [0.2, 0.25) is 5.91 Å². The molecule has 5 heteroatoms. The summed E-state index contributed by atoms with van der Waals surface area (Å²) < 4.78 is 0. The monoisotopic (exact) mass is 298 g/mol. The van der Waals surface area contributed by atoms with Crippen molar-refractivity contribution in [2.75, 3.05) is 19.6 Å². The minimum absolute atomic E-state index is 0.169.